The van der Waals surface area contributed by atoms with Gasteiger partial charge in [0, 0.05) is 20.5 Å². The summed E-state index contributed by atoms with van der Waals surface area (Å²) in [6.45, 7) is 0. The number of hydrogen-bond donors (Lipinski definition) is 2. The number of nitrogens with one attached hydrogen (secondary N) is 1. The van der Waals surface area contributed by atoms with Crippen molar-refractivity contribution in [2.24, 2.45) is 7.05 Å². The monoisotopic (exact) mass is 486 g/mol. The average Bonchev–Trinajstić information content (AvgIpc) is 2.64. The summed E-state index contributed by atoms with van der Waals surface area (Å²) in [4.78, 5) is 3.77. The Labute approximate surface area is 141 Å². The minimum Gasteiger partial charge on any atom is -0.381 e. The number of nitrogen functional groups attached to an aromatic ring is 1. The summed E-state index contributed by atoms with van der Waals surface area (Å²) in [6.07, 6.45) is 1.34. The van der Waals surface area contributed by atoms with Gasteiger partial charge in [-0.1, -0.05) is 15.9 Å². The van der Waals surface area contributed by atoms with E-state index in [1.165, 1.54) is 10.9 Å². The van der Waals surface area contributed by atoms with Crippen LogP contribution >= 0.6 is 47.8 Å². The lowest BCUT2D eigenvalue weighted by Crippen LogP contribution is -2.18. The van der Waals surface area contributed by atoms with Crippen LogP contribution in [0.3, 0.4) is 0 Å². The van der Waals surface area contributed by atoms with E-state index in [0.717, 1.165) is 4.47 Å². The molecule has 0 atom stereocenters. The smallest absolute Gasteiger partial charge is 0.281 e. The van der Waals surface area contributed by atoms with Crippen LogP contribution in [0.15, 0.2) is 36.9 Å². The van der Waals surface area contributed by atoms with E-state index >= 15 is 0 Å². The van der Waals surface area contributed by atoms with Crippen molar-refractivity contribution < 1.29 is 8.42 Å². The molecule has 0 spiro atoms. The molecule has 0 bridgehead atoms. The maximum atomic E-state index is 12.4. The average molecular weight is 489 g/mol. The first kappa shape index (κ1) is 15.8. The Morgan fingerprint density at radius 1 is 1.25 bits per heavy atom. The summed E-state index contributed by atoms with van der Waals surface area (Å²) >= 11 is 9.94. The van der Waals surface area contributed by atoms with E-state index in [1.807, 2.05) is 0 Å². The fourth-order valence-corrected chi connectivity index (χ4v) is 5.65. The number of nitrogens with zero attached hydrogens (tertiary/aromatic N) is 2. The molecule has 2 rings (SSSR count). The van der Waals surface area contributed by atoms with Crippen LogP contribution in [0.25, 0.3) is 0 Å². The molecule has 0 saturated carbocycles. The Bertz CT molecular complexity index is 730. The molecule has 6 nitrogen and oxygen atoms in total. The molecule has 1 aromatic heterocycles. The zero-order valence-corrected chi connectivity index (χ0v) is 15.6. The quantitative estimate of drug-likeness (QED) is 0.694. The number of nitrogens with two attached hydrogens (primary N) is 1. The second kappa shape index (κ2) is 5.66. The van der Waals surface area contributed by atoms with Crippen molar-refractivity contribution in [2.45, 2.75) is 5.03 Å². The Morgan fingerprint density at radius 2 is 1.80 bits per heavy atom. The van der Waals surface area contributed by atoms with E-state index in [1.54, 1.807) is 19.2 Å². The highest BCUT2D eigenvalue weighted by Crippen LogP contribution is 2.36. The second-order valence-corrected chi connectivity index (χ2v) is 8.12. The third kappa shape index (κ3) is 3.02. The lowest BCUT2D eigenvalue weighted by Gasteiger charge is -2.12. The van der Waals surface area contributed by atoms with Crippen molar-refractivity contribution in [2.75, 3.05) is 10.5 Å². The number of halogens is 3. The fraction of sp³-hybridized carbons (Fsp3) is 0.100. The number of aromatic nitrogens is 2. The van der Waals surface area contributed by atoms with Gasteiger partial charge in [-0.15, -0.1) is 0 Å². The molecule has 0 radical (unpaired) electrons. The van der Waals surface area contributed by atoms with E-state index in [0.29, 0.717) is 14.6 Å². The van der Waals surface area contributed by atoms with E-state index in [2.05, 4.69) is 57.5 Å². The van der Waals surface area contributed by atoms with E-state index < -0.39 is 10.0 Å². The van der Waals surface area contributed by atoms with Crippen LogP contribution in [0, 0.1) is 0 Å². The normalized spacial score (nSPS) is 11.6. The Hall–Kier alpha value is -0.580. The molecule has 0 aliphatic rings. The van der Waals surface area contributed by atoms with Gasteiger partial charge in [0.2, 0.25) is 0 Å². The Morgan fingerprint density at radius 3 is 2.25 bits per heavy atom. The highest BCUT2D eigenvalue weighted by molar-refractivity contribution is 9.11. The van der Waals surface area contributed by atoms with Crippen LogP contribution in [0.5, 0.6) is 0 Å². The molecule has 3 N–H and O–H groups in total. The van der Waals surface area contributed by atoms with Crippen LogP contribution in [0.2, 0.25) is 0 Å². The van der Waals surface area contributed by atoms with Gasteiger partial charge in [0.15, 0.2) is 10.8 Å². The van der Waals surface area contributed by atoms with Crippen molar-refractivity contribution in [1.29, 1.82) is 0 Å². The maximum Gasteiger partial charge on any atom is 0.281 e. The Balaban J connectivity index is 2.50. The first-order chi connectivity index (χ1) is 9.22. The molecule has 0 unspecified atom stereocenters. The predicted octanol–water partition coefficient (Wildman–Crippen LogP) is 3.09. The van der Waals surface area contributed by atoms with Crippen molar-refractivity contribution in [3.63, 3.8) is 0 Å². The number of anilines is 2. The van der Waals surface area contributed by atoms with Gasteiger partial charge >= 0.3 is 0 Å². The highest BCUT2D eigenvalue weighted by atomic mass is 79.9. The van der Waals surface area contributed by atoms with Crippen LogP contribution in [-0.4, -0.2) is 18.0 Å². The van der Waals surface area contributed by atoms with Gasteiger partial charge in [-0.25, -0.2) is 4.98 Å². The molecule has 0 amide bonds. The first-order valence-corrected chi connectivity index (χ1v) is 9.02. The summed E-state index contributed by atoms with van der Waals surface area (Å²) in [7, 11) is -2.28. The molecular weight excluding hydrogens is 480 g/mol. The molecule has 0 saturated heterocycles. The van der Waals surface area contributed by atoms with Gasteiger partial charge in [0.25, 0.3) is 10.0 Å². The van der Waals surface area contributed by atoms with E-state index in [4.69, 9.17) is 5.73 Å². The summed E-state index contributed by atoms with van der Waals surface area (Å²) in [6, 6.07) is 3.46. The van der Waals surface area contributed by atoms with Crippen LogP contribution in [-0.2, 0) is 17.1 Å². The zero-order chi connectivity index (χ0) is 15.1. The van der Waals surface area contributed by atoms with Crippen LogP contribution in [0.1, 0.15) is 0 Å². The minimum absolute atomic E-state index is 0.0515. The van der Waals surface area contributed by atoms with Gasteiger partial charge in [0.05, 0.1) is 12.0 Å². The van der Waals surface area contributed by atoms with Crippen LogP contribution in [0.4, 0.5) is 11.5 Å². The number of benzene rings is 1. The lowest BCUT2D eigenvalue weighted by atomic mass is 10.3. The fourth-order valence-electron chi connectivity index (χ4n) is 1.59. The maximum absolute atomic E-state index is 12.4. The summed E-state index contributed by atoms with van der Waals surface area (Å²) in [5, 5.41) is -0.0841. The molecule has 1 heterocycles. The van der Waals surface area contributed by atoms with Gasteiger partial charge in [0.1, 0.15) is 0 Å². The van der Waals surface area contributed by atoms with E-state index in [9.17, 15) is 8.42 Å². The largest absolute Gasteiger partial charge is 0.381 e. The van der Waals surface area contributed by atoms with Gasteiger partial charge in [-0.2, -0.15) is 8.42 Å². The molecule has 20 heavy (non-hydrogen) atoms. The summed E-state index contributed by atoms with van der Waals surface area (Å²) < 4.78 is 30.6. The third-order valence-electron chi connectivity index (χ3n) is 2.41. The van der Waals surface area contributed by atoms with E-state index in [-0.39, 0.29) is 10.8 Å². The summed E-state index contributed by atoms with van der Waals surface area (Å²) in [5.74, 6) is -0.0515. The number of imidazole rings is 1. The second-order valence-electron chi connectivity index (χ2n) is 3.90. The minimum atomic E-state index is -3.84. The number of rotatable bonds is 3. The molecule has 0 aliphatic heterocycles. The van der Waals surface area contributed by atoms with Gasteiger partial charge in [-0.05, 0) is 44.0 Å². The number of sulfonamides is 1. The number of aryl methyl sites for hydroxylation is 1. The molecule has 0 fully saturated rings. The van der Waals surface area contributed by atoms with Crippen LogP contribution < -0.4 is 10.5 Å². The lowest BCUT2D eigenvalue weighted by molar-refractivity contribution is 0.592. The predicted molar refractivity (Wildman–Crippen MR) is 88.0 cm³/mol. The standard InChI is InChI=1S/C10H9Br3N4O2S/c1-17-4-15-9(14)10(17)20(18,19)16-8-6(12)2-5(11)3-7(8)13/h2-4,16H,14H2,1H3. The molecule has 1 aromatic carbocycles. The van der Waals surface area contributed by atoms with Crippen molar-refractivity contribution in [3.05, 3.63) is 31.9 Å². The SMILES string of the molecule is Cn1cnc(N)c1S(=O)(=O)Nc1c(Br)cc(Br)cc1Br. The molecular formula is C10H9Br3N4O2S. The molecule has 10 heteroatoms. The van der Waals surface area contributed by atoms with Crippen molar-refractivity contribution in [3.8, 4) is 0 Å². The topological polar surface area (TPSA) is 90.0 Å². The zero-order valence-electron chi connectivity index (χ0n) is 10.1. The molecule has 2 aromatic rings. The van der Waals surface area contributed by atoms with Crippen molar-refractivity contribution >= 4 is 69.3 Å². The first-order valence-electron chi connectivity index (χ1n) is 5.16. The molecule has 0 aliphatic carbocycles. The Kier molecular flexibility index (Phi) is 4.47. The number of hydrogen-bond acceptors (Lipinski definition) is 4. The third-order valence-corrected chi connectivity index (χ3v) is 5.60. The van der Waals surface area contributed by atoms with Crippen molar-refractivity contribution in [1.82, 2.24) is 9.55 Å². The highest BCUT2D eigenvalue weighted by Gasteiger charge is 2.24. The van der Waals surface area contributed by atoms with Gasteiger partial charge in [-0.3, -0.25) is 4.72 Å². The van der Waals surface area contributed by atoms with Gasteiger partial charge < -0.3 is 10.3 Å². The molecule has 108 valence electrons. The summed E-state index contributed by atoms with van der Waals surface area (Å²) in [5.41, 5.74) is 5.98.